The quantitative estimate of drug-likeness (QED) is 0.228. The van der Waals surface area contributed by atoms with E-state index in [1.54, 1.807) is 10.8 Å². The fourth-order valence-electron chi connectivity index (χ4n) is 0.962. The molecule has 0 N–H and O–H groups in total. The highest BCUT2D eigenvalue weighted by Crippen LogP contribution is 2.50. The summed E-state index contributed by atoms with van der Waals surface area (Å²) in [6, 6.07) is 0. The lowest BCUT2D eigenvalue weighted by atomic mass is 10.3. The Balaban J connectivity index is 2.92. The number of hydrogen-bond donors (Lipinski definition) is 0. The molecule has 1 aromatic rings. The Morgan fingerprint density at radius 1 is 0.824 bits per heavy atom. The Morgan fingerprint density at radius 2 is 1.29 bits per heavy atom. The second-order valence-corrected chi connectivity index (χ2v) is 7.47. The molecule has 0 aromatic heterocycles. The summed E-state index contributed by atoms with van der Waals surface area (Å²) in [7, 11) is 3.15. The van der Waals surface area contributed by atoms with Crippen LogP contribution >= 0.6 is 79.6 Å². The van der Waals surface area contributed by atoms with Gasteiger partial charge in [-0.1, -0.05) is 92.9 Å². The van der Waals surface area contributed by atoms with Crippen molar-refractivity contribution in [1.82, 2.24) is 0 Å². The van der Waals surface area contributed by atoms with Crippen LogP contribution in [-0.2, 0) is 0 Å². The van der Waals surface area contributed by atoms with Gasteiger partial charge in [-0.3, -0.25) is 0 Å². The van der Waals surface area contributed by atoms with Crippen LogP contribution in [0.5, 0.6) is 0 Å². The molecule has 0 radical (unpaired) electrons. The molecule has 0 fully saturated rings. The van der Waals surface area contributed by atoms with E-state index in [0.29, 0.717) is 14.9 Å². The van der Waals surface area contributed by atoms with Crippen molar-refractivity contribution in [3.05, 3.63) is 25.1 Å². The van der Waals surface area contributed by atoms with E-state index in [9.17, 15) is 0 Å². The van der Waals surface area contributed by atoms with Gasteiger partial charge in [0.25, 0.3) is 0 Å². The van der Waals surface area contributed by atoms with Gasteiger partial charge in [0.1, 0.15) is 0 Å². The molecule has 96 valence electrons. The smallest absolute Gasteiger partial charge is 0.0809 e. The zero-order valence-corrected chi connectivity index (χ0v) is 14.2. The SMILES string of the molecule is CCCCSSc1c(Cl)c(Cl)c(Cl)c(Cl)c1Cl. The maximum Gasteiger partial charge on any atom is 0.0809 e. The predicted octanol–water partition coefficient (Wildman–Crippen LogP) is 7.49. The Hall–Kier alpha value is 1.37. The second-order valence-electron chi connectivity index (χ2n) is 3.16. The molecule has 0 unspecified atom stereocenters. The first-order valence-electron chi connectivity index (χ1n) is 4.81. The molecule has 17 heavy (non-hydrogen) atoms. The van der Waals surface area contributed by atoms with Gasteiger partial charge in [-0.2, -0.15) is 0 Å². The molecule has 0 nitrogen and oxygen atoms in total. The largest absolute Gasteiger partial charge is 0.0888 e. The standard InChI is InChI=1S/C10H9Cl5S2/c1-2-3-4-16-17-10-8(14)6(12)5(11)7(13)9(10)15/h2-4H2,1H3. The minimum atomic E-state index is 0.200. The van der Waals surface area contributed by atoms with Gasteiger partial charge in [-0.05, 0) is 6.42 Å². The van der Waals surface area contributed by atoms with Crippen LogP contribution in [0.4, 0.5) is 0 Å². The maximum atomic E-state index is 6.09. The minimum absolute atomic E-state index is 0.200. The van der Waals surface area contributed by atoms with E-state index in [4.69, 9.17) is 58.0 Å². The highest BCUT2D eigenvalue weighted by Gasteiger charge is 2.19. The fourth-order valence-corrected chi connectivity index (χ4v) is 5.13. The van der Waals surface area contributed by atoms with E-state index in [1.165, 1.54) is 10.8 Å². The summed E-state index contributed by atoms with van der Waals surface area (Å²) in [5.41, 5.74) is 0. The summed E-state index contributed by atoms with van der Waals surface area (Å²) in [5.74, 6) is 1.02. The van der Waals surface area contributed by atoms with E-state index < -0.39 is 0 Å². The van der Waals surface area contributed by atoms with Gasteiger partial charge in [0, 0.05) is 5.75 Å². The summed E-state index contributed by atoms with van der Waals surface area (Å²) >= 11 is 30.0. The lowest BCUT2D eigenvalue weighted by Crippen LogP contribution is -1.83. The highest BCUT2D eigenvalue weighted by atomic mass is 35.5. The molecule has 1 rings (SSSR count). The van der Waals surface area contributed by atoms with Crippen molar-refractivity contribution in [3.63, 3.8) is 0 Å². The van der Waals surface area contributed by atoms with Gasteiger partial charge < -0.3 is 0 Å². The summed E-state index contributed by atoms with van der Waals surface area (Å²) in [5, 5.41) is 1.43. The Bertz CT molecular complexity index is 379. The molecule has 0 atom stereocenters. The molecular weight excluding hydrogens is 362 g/mol. The Kier molecular flexibility index (Phi) is 7.57. The molecule has 0 saturated carbocycles. The number of hydrogen-bond acceptors (Lipinski definition) is 2. The van der Waals surface area contributed by atoms with Crippen LogP contribution in [0.15, 0.2) is 4.90 Å². The van der Waals surface area contributed by atoms with Gasteiger partial charge in [-0.25, -0.2) is 0 Å². The zero-order chi connectivity index (χ0) is 13.0. The summed E-state index contributed by atoms with van der Waals surface area (Å²) in [6.45, 7) is 2.14. The maximum absolute atomic E-state index is 6.09. The van der Waals surface area contributed by atoms with Crippen LogP contribution in [0.1, 0.15) is 19.8 Å². The Labute approximate surface area is 134 Å². The molecule has 0 aliphatic rings. The van der Waals surface area contributed by atoms with Gasteiger partial charge >= 0.3 is 0 Å². The highest BCUT2D eigenvalue weighted by molar-refractivity contribution is 8.76. The monoisotopic (exact) mass is 368 g/mol. The molecule has 0 spiro atoms. The van der Waals surface area contributed by atoms with Crippen molar-refractivity contribution < 1.29 is 0 Å². The average molecular weight is 371 g/mol. The third-order valence-corrected chi connectivity index (χ3v) is 6.90. The molecule has 0 saturated heterocycles. The van der Waals surface area contributed by atoms with E-state index in [-0.39, 0.29) is 15.1 Å². The topological polar surface area (TPSA) is 0 Å². The fraction of sp³-hybridized carbons (Fsp3) is 0.400. The van der Waals surface area contributed by atoms with Crippen molar-refractivity contribution >= 4 is 79.6 Å². The van der Waals surface area contributed by atoms with Gasteiger partial charge in [-0.15, -0.1) is 0 Å². The van der Waals surface area contributed by atoms with Crippen molar-refractivity contribution in [3.8, 4) is 0 Å². The van der Waals surface area contributed by atoms with E-state index in [2.05, 4.69) is 6.92 Å². The molecule has 0 amide bonds. The molecule has 0 aliphatic carbocycles. The van der Waals surface area contributed by atoms with Crippen LogP contribution in [-0.4, -0.2) is 5.75 Å². The zero-order valence-electron chi connectivity index (χ0n) is 8.83. The summed E-state index contributed by atoms with van der Waals surface area (Å²) in [4.78, 5) is 0.675. The number of halogens is 5. The van der Waals surface area contributed by atoms with Gasteiger partial charge in [0.15, 0.2) is 0 Å². The Morgan fingerprint density at radius 3 is 1.76 bits per heavy atom. The molecule has 0 heterocycles. The molecular formula is C10H9Cl5S2. The third-order valence-electron chi connectivity index (χ3n) is 1.89. The van der Waals surface area contributed by atoms with Crippen LogP contribution in [0, 0.1) is 0 Å². The van der Waals surface area contributed by atoms with E-state index >= 15 is 0 Å². The predicted molar refractivity (Wildman–Crippen MR) is 84.7 cm³/mol. The summed E-state index contributed by atoms with van der Waals surface area (Å²) < 4.78 is 0. The normalized spacial score (nSPS) is 10.9. The first-order valence-corrected chi connectivity index (χ1v) is 9.02. The van der Waals surface area contributed by atoms with Crippen LogP contribution in [0.2, 0.25) is 25.1 Å². The number of benzene rings is 1. The van der Waals surface area contributed by atoms with Gasteiger partial charge in [0.2, 0.25) is 0 Å². The van der Waals surface area contributed by atoms with Crippen molar-refractivity contribution in [2.45, 2.75) is 24.7 Å². The van der Waals surface area contributed by atoms with E-state index in [0.717, 1.165) is 18.6 Å². The van der Waals surface area contributed by atoms with Crippen molar-refractivity contribution in [2.75, 3.05) is 5.75 Å². The van der Waals surface area contributed by atoms with Crippen LogP contribution in [0.3, 0.4) is 0 Å². The van der Waals surface area contributed by atoms with Crippen molar-refractivity contribution in [1.29, 1.82) is 0 Å². The van der Waals surface area contributed by atoms with Crippen LogP contribution in [0.25, 0.3) is 0 Å². The number of rotatable bonds is 5. The molecule has 0 bridgehead atoms. The molecule has 1 aromatic carbocycles. The van der Waals surface area contributed by atoms with Crippen molar-refractivity contribution in [2.24, 2.45) is 0 Å². The first kappa shape index (κ1) is 16.4. The minimum Gasteiger partial charge on any atom is -0.0888 e. The first-order chi connectivity index (χ1) is 8.00. The number of unbranched alkanes of at least 4 members (excludes halogenated alkanes) is 1. The summed E-state index contributed by atoms with van der Waals surface area (Å²) in [6.07, 6.45) is 2.29. The third kappa shape index (κ3) is 4.17. The average Bonchev–Trinajstić information content (AvgIpc) is 2.33. The molecule has 7 heteroatoms. The lowest BCUT2D eigenvalue weighted by molar-refractivity contribution is 0.898. The molecule has 0 aliphatic heterocycles. The lowest BCUT2D eigenvalue weighted by Gasteiger charge is -2.11. The second kappa shape index (κ2) is 7.84. The van der Waals surface area contributed by atoms with Gasteiger partial charge in [0.05, 0.1) is 30.0 Å². The van der Waals surface area contributed by atoms with Crippen LogP contribution < -0.4 is 0 Å². The van der Waals surface area contributed by atoms with E-state index in [1.807, 2.05) is 0 Å².